The van der Waals surface area contributed by atoms with Crippen LogP contribution in [0.15, 0.2) is 54.9 Å². The first-order chi connectivity index (χ1) is 12.0. The highest BCUT2D eigenvalue weighted by atomic mass is 19.3. The zero-order chi connectivity index (χ0) is 17.8. The van der Waals surface area contributed by atoms with Crippen LogP contribution in [0.4, 0.5) is 14.5 Å². The molecule has 3 aromatic rings. The zero-order valence-electron chi connectivity index (χ0n) is 12.5. The highest BCUT2D eigenvalue weighted by molar-refractivity contribution is 5.52. The van der Waals surface area contributed by atoms with Crippen molar-refractivity contribution < 1.29 is 23.2 Å². The zero-order valence-corrected chi connectivity index (χ0v) is 12.5. The van der Waals surface area contributed by atoms with Gasteiger partial charge in [-0.15, -0.1) is 5.10 Å². The molecule has 2 aromatic carbocycles. The van der Waals surface area contributed by atoms with Gasteiger partial charge in [0.25, 0.3) is 0 Å². The highest BCUT2D eigenvalue weighted by Gasteiger charge is 2.19. The molecule has 1 aromatic heterocycles. The van der Waals surface area contributed by atoms with Crippen LogP contribution in [0, 0.1) is 10.1 Å². The maximum Gasteiger partial charge on any atom is 0.387 e. The Balaban J connectivity index is 1.88. The Hall–Kier alpha value is -3.56. The summed E-state index contributed by atoms with van der Waals surface area (Å²) in [6, 6.07) is 10.1. The summed E-state index contributed by atoms with van der Waals surface area (Å²) < 4.78 is 36.1. The first kappa shape index (κ1) is 16.3. The summed E-state index contributed by atoms with van der Waals surface area (Å²) in [5.74, 6) is -0.0910. The summed E-state index contributed by atoms with van der Waals surface area (Å²) in [6.07, 6.45) is 3.15. The molecular formula is C15H10F2N4O4. The van der Waals surface area contributed by atoms with Crippen LogP contribution in [0.1, 0.15) is 0 Å². The van der Waals surface area contributed by atoms with Crippen molar-refractivity contribution in [3.05, 3.63) is 65.0 Å². The molecule has 0 spiro atoms. The molecular weight excluding hydrogens is 338 g/mol. The summed E-state index contributed by atoms with van der Waals surface area (Å²) >= 11 is 0. The van der Waals surface area contributed by atoms with E-state index >= 15 is 0 Å². The number of nitro groups is 1. The van der Waals surface area contributed by atoms with Gasteiger partial charge < -0.3 is 9.47 Å². The summed E-state index contributed by atoms with van der Waals surface area (Å²) in [7, 11) is 0. The molecule has 0 aliphatic rings. The van der Waals surface area contributed by atoms with Crippen LogP contribution in [0.3, 0.4) is 0 Å². The van der Waals surface area contributed by atoms with Gasteiger partial charge in [0.05, 0.1) is 23.0 Å². The third-order valence-electron chi connectivity index (χ3n) is 3.08. The Morgan fingerprint density at radius 2 is 1.96 bits per heavy atom. The fourth-order valence-corrected chi connectivity index (χ4v) is 2.07. The van der Waals surface area contributed by atoms with Crippen LogP contribution in [0.25, 0.3) is 5.69 Å². The second-order valence-corrected chi connectivity index (χ2v) is 4.71. The Kier molecular flexibility index (Phi) is 4.50. The molecule has 0 aliphatic heterocycles. The highest BCUT2D eigenvalue weighted by Crippen LogP contribution is 2.34. The number of alkyl halides is 2. The van der Waals surface area contributed by atoms with E-state index < -0.39 is 23.0 Å². The molecule has 25 heavy (non-hydrogen) atoms. The number of nitro benzene ring substituents is 1. The van der Waals surface area contributed by atoms with Gasteiger partial charge >= 0.3 is 12.3 Å². The number of hydrogen-bond donors (Lipinski definition) is 0. The fourth-order valence-electron chi connectivity index (χ4n) is 2.07. The van der Waals surface area contributed by atoms with Crippen LogP contribution < -0.4 is 9.47 Å². The number of nitrogens with zero attached hydrogens (tertiary/aromatic N) is 4. The van der Waals surface area contributed by atoms with Gasteiger partial charge in [0.1, 0.15) is 11.5 Å². The molecule has 0 bridgehead atoms. The molecule has 0 radical (unpaired) electrons. The summed E-state index contributed by atoms with van der Waals surface area (Å²) in [4.78, 5) is 10.1. The van der Waals surface area contributed by atoms with Gasteiger partial charge in [-0.2, -0.15) is 8.78 Å². The van der Waals surface area contributed by atoms with Gasteiger partial charge in [-0.05, 0) is 18.2 Å². The van der Waals surface area contributed by atoms with Crippen LogP contribution in [0.2, 0.25) is 0 Å². The summed E-state index contributed by atoms with van der Waals surface area (Å²) in [6.45, 7) is -3.19. The van der Waals surface area contributed by atoms with Crippen molar-refractivity contribution in [1.82, 2.24) is 15.0 Å². The van der Waals surface area contributed by atoms with Gasteiger partial charge in [-0.1, -0.05) is 11.3 Å². The maximum atomic E-state index is 12.4. The minimum atomic E-state index is -3.19. The summed E-state index contributed by atoms with van der Waals surface area (Å²) in [5.41, 5.74) is 0.0879. The van der Waals surface area contributed by atoms with Gasteiger partial charge in [-0.3, -0.25) is 10.1 Å². The first-order valence-electron chi connectivity index (χ1n) is 6.91. The van der Waals surface area contributed by atoms with Gasteiger partial charge in [0.15, 0.2) is 0 Å². The van der Waals surface area contributed by atoms with Crippen molar-refractivity contribution in [3.63, 3.8) is 0 Å². The molecule has 128 valence electrons. The predicted octanol–water partition coefficient (Wildman–Crippen LogP) is 3.57. The van der Waals surface area contributed by atoms with E-state index in [0.717, 1.165) is 12.1 Å². The Labute approximate surface area is 139 Å². The maximum absolute atomic E-state index is 12.4. The normalized spacial score (nSPS) is 10.7. The Morgan fingerprint density at radius 1 is 1.16 bits per heavy atom. The number of hydrogen-bond acceptors (Lipinski definition) is 6. The Bertz CT molecular complexity index is 887. The van der Waals surface area contributed by atoms with Crippen molar-refractivity contribution in [3.8, 4) is 22.9 Å². The largest absolute Gasteiger partial charge is 0.457 e. The number of benzene rings is 2. The summed E-state index contributed by atoms with van der Waals surface area (Å²) in [5, 5.41) is 18.4. The van der Waals surface area contributed by atoms with Crippen molar-refractivity contribution in [2.24, 2.45) is 0 Å². The molecule has 0 saturated heterocycles. The van der Waals surface area contributed by atoms with E-state index in [2.05, 4.69) is 15.0 Å². The van der Waals surface area contributed by atoms with Crippen molar-refractivity contribution in [2.75, 3.05) is 0 Å². The van der Waals surface area contributed by atoms with Gasteiger partial charge in [-0.25, -0.2) is 4.68 Å². The molecule has 0 amide bonds. The van der Waals surface area contributed by atoms with Crippen LogP contribution in [-0.4, -0.2) is 26.5 Å². The Morgan fingerprint density at radius 3 is 2.64 bits per heavy atom. The van der Waals surface area contributed by atoms with Crippen LogP contribution >= 0.6 is 0 Å². The minimum absolute atomic E-state index is 0.108. The van der Waals surface area contributed by atoms with E-state index in [1.165, 1.54) is 16.9 Å². The van der Waals surface area contributed by atoms with Crippen LogP contribution in [-0.2, 0) is 0 Å². The quantitative estimate of drug-likeness (QED) is 0.499. The molecule has 8 nitrogen and oxygen atoms in total. The molecule has 0 unspecified atom stereocenters. The van der Waals surface area contributed by atoms with E-state index in [1.807, 2.05) is 0 Å². The predicted molar refractivity (Wildman–Crippen MR) is 81.2 cm³/mol. The number of rotatable bonds is 6. The van der Waals surface area contributed by atoms with E-state index in [0.29, 0.717) is 11.4 Å². The molecule has 0 aliphatic carbocycles. The molecule has 0 fully saturated rings. The molecule has 3 rings (SSSR count). The molecule has 0 N–H and O–H groups in total. The van der Waals surface area contributed by atoms with Crippen LogP contribution in [0.5, 0.6) is 17.2 Å². The lowest BCUT2D eigenvalue weighted by atomic mass is 10.2. The lowest BCUT2D eigenvalue weighted by molar-refractivity contribution is -0.386. The van der Waals surface area contributed by atoms with Gasteiger partial charge in [0, 0.05) is 18.2 Å². The van der Waals surface area contributed by atoms with E-state index in [-0.39, 0.29) is 5.75 Å². The number of aromatic nitrogens is 3. The molecule has 1 heterocycles. The third-order valence-corrected chi connectivity index (χ3v) is 3.08. The average molecular weight is 348 g/mol. The van der Waals surface area contributed by atoms with Crippen molar-refractivity contribution >= 4 is 5.69 Å². The standard InChI is InChI=1S/C15H10F2N4O4/c16-15(17)25-14-9-12(4-5-13(14)21(22)23)24-11-3-1-2-10(8-11)20-7-6-18-19-20/h1-9,15H. The van der Waals surface area contributed by atoms with Crippen molar-refractivity contribution in [1.29, 1.82) is 0 Å². The minimum Gasteiger partial charge on any atom is -0.457 e. The number of halogens is 2. The first-order valence-corrected chi connectivity index (χ1v) is 6.91. The smallest absolute Gasteiger partial charge is 0.387 e. The average Bonchev–Trinajstić information content (AvgIpc) is 3.09. The molecule has 0 atom stereocenters. The molecule has 0 saturated carbocycles. The SMILES string of the molecule is O=[N+]([O-])c1ccc(Oc2cccc(-n3ccnn3)c2)cc1OC(F)F. The third kappa shape index (κ3) is 3.86. The molecule has 10 heteroatoms. The van der Waals surface area contributed by atoms with E-state index in [4.69, 9.17) is 4.74 Å². The lowest BCUT2D eigenvalue weighted by Gasteiger charge is -2.10. The fraction of sp³-hybridized carbons (Fsp3) is 0.0667. The monoisotopic (exact) mass is 348 g/mol. The van der Waals surface area contributed by atoms with E-state index in [1.54, 1.807) is 30.5 Å². The lowest BCUT2D eigenvalue weighted by Crippen LogP contribution is -2.04. The second kappa shape index (κ2) is 6.91. The van der Waals surface area contributed by atoms with Crippen molar-refractivity contribution in [2.45, 2.75) is 6.61 Å². The number of ether oxygens (including phenoxy) is 2. The topological polar surface area (TPSA) is 92.3 Å². The van der Waals surface area contributed by atoms with Gasteiger partial charge in [0.2, 0.25) is 5.75 Å². The van der Waals surface area contributed by atoms with E-state index in [9.17, 15) is 18.9 Å². The second-order valence-electron chi connectivity index (χ2n) is 4.71.